The van der Waals surface area contributed by atoms with Crippen LogP contribution in [0.15, 0.2) is 60.8 Å². The van der Waals surface area contributed by atoms with Crippen LogP contribution < -0.4 is 9.47 Å². The van der Waals surface area contributed by atoms with E-state index in [0.717, 1.165) is 0 Å². The van der Waals surface area contributed by atoms with E-state index in [2.05, 4.69) is 22.1 Å². The number of aromatic nitrogens is 2. The van der Waals surface area contributed by atoms with Crippen molar-refractivity contribution in [3.63, 3.8) is 0 Å². The smallest absolute Gasteiger partial charge is 0.325 e. The first-order valence-electron chi connectivity index (χ1n) is 8.04. The molecular weight excluding hydrogens is 371 g/mol. The highest BCUT2D eigenvalue weighted by atomic mass is 32.2. The van der Waals surface area contributed by atoms with Crippen molar-refractivity contribution in [1.29, 1.82) is 0 Å². The lowest BCUT2D eigenvalue weighted by molar-refractivity contribution is 0.411. The van der Waals surface area contributed by atoms with E-state index in [-0.39, 0.29) is 11.8 Å². The third-order valence-electron chi connectivity index (χ3n) is 3.63. The van der Waals surface area contributed by atoms with Crippen molar-refractivity contribution >= 4 is 23.5 Å². The molecular formula is C19H15FN2O2S2. The maximum Gasteiger partial charge on any atom is 0.325 e. The van der Waals surface area contributed by atoms with E-state index in [9.17, 15) is 4.39 Å². The van der Waals surface area contributed by atoms with Crippen molar-refractivity contribution in [2.75, 3.05) is 11.5 Å². The minimum atomic E-state index is -0.318. The highest BCUT2D eigenvalue weighted by Gasteiger charge is 2.18. The fourth-order valence-corrected chi connectivity index (χ4v) is 5.26. The van der Waals surface area contributed by atoms with Crippen molar-refractivity contribution < 1.29 is 13.9 Å². The van der Waals surface area contributed by atoms with Gasteiger partial charge in [0.15, 0.2) is 0 Å². The van der Waals surface area contributed by atoms with Crippen LogP contribution in [0.5, 0.6) is 23.4 Å². The zero-order valence-electron chi connectivity index (χ0n) is 13.7. The van der Waals surface area contributed by atoms with Gasteiger partial charge in [-0.05, 0) is 42.0 Å². The first kappa shape index (κ1) is 17.2. The summed E-state index contributed by atoms with van der Waals surface area (Å²) in [6.45, 7) is 0. The zero-order chi connectivity index (χ0) is 17.8. The maximum atomic E-state index is 13.0. The molecule has 2 aromatic carbocycles. The third kappa shape index (κ3) is 4.28. The topological polar surface area (TPSA) is 44.2 Å². The molecule has 0 unspecified atom stereocenters. The molecule has 132 valence electrons. The summed E-state index contributed by atoms with van der Waals surface area (Å²) in [5, 5.41) is 0. The minimum Gasteiger partial charge on any atom is -0.439 e. The largest absolute Gasteiger partial charge is 0.439 e. The molecule has 2 heterocycles. The molecule has 0 amide bonds. The Bertz CT molecular complexity index is 869. The van der Waals surface area contributed by atoms with E-state index >= 15 is 0 Å². The van der Waals surface area contributed by atoms with Crippen LogP contribution in [0.4, 0.5) is 4.39 Å². The number of nitrogens with zero attached hydrogens (tertiary/aromatic N) is 2. The number of thioether (sulfide) groups is 2. The quantitative estimate of drug-likeness (QED) is 0.562. The summed E-state index contributed by atoms with van der Waals surface area (Å²) in [7, 11) is 0. The molecule has 1 saturated heterocycles. The molecule has 0 atom stereocenters. The number of ether oxygens (including phenoxy) is 2. The molecule has 1 fully saturated rings. The van der Waals surface area contributed by atoms with Gasteiger partial charge >= 0.3 is 6.01 Å². The van der Waals surface area contributed by atoms with Crippen molar-refractivity contribution in [2.45, 2.75) is 4.58 Å². The van der Waals surface area contributed by atoms with Crippen LogP contribution >= 0.6 is 23.5 Å². The first-order valence-corrected chi connectivity index (χ1v) is 10.1. The first-order chi connectivity index (χ1) is 12.8. The normalized spacial score (nSPS) is 14.3. The molecule has 4 nitrogen and oxygen atoms in total. The lowest BCUT2D eigenvalue weighted by Crippen LogP contribution is -1.95. The van der Waals surface area contributed by atoms with Crippen LogP contribution in [0.1, 0.15) is 10.1 Å². The second-order valence-corrected chi connectivity index (χ2v) is 8.20. The maximum absolute atomic E-state index is 13.0. The van der Waals surface area contributed by atoms with Gasteiger partial charge in [0.25, 0.3) is 0 Å². The van der Waals surface area contributed by atoms with Gasteiger partial charge in [-0.15, -0.1) is 23.5 Å². The van der Waals surface area contributed by atoms with Gasteiger partial charge in [0.05, 0.1) is 4.58 Å². The van der Waals surface area contributed by atoms with Gasteiger partial charge in [-0.2, -0.15) is 4.98 Å². The molecule has 0 aliphatic carbocycles. The monoisotopic (exact) mass is 386 g/mol. The van der Waals surface area contributed by atoms with E-state index < -0.39 is 0 Å². The number of halogens is 1. The number of benzene rings is 2. The second kappa shape index (κ2) is 7.97. The second-order valence-electron chi connectivity index (χ2n) is 5.48. The van der Waals surface area contributed by atoms with E-state index in [1.165, 1.54) is 41.3 Å². The van der Waals surface area contributed by atoms with Crippen LogP contribution in [-0.4, -0.2) is 21.5 Å². The summed E-state index contributed by atoms with van der Waals surface area (Å²) in [6.07, 6.45) is 1.56. The van der Waals surface area contributed by atoms with Gasteiger partial charge < -0.3 is 9.47 Å². The SMILES string of the molecule is Fc1ccc(Oc2ccnc(Oc3ccc(C4SCCS4)cc3)n2)cc1. The number of hydrogen-bond acceptors (Lipinski definition) is 6. The minimum absolute atomic E-state index is 0.196. The average Bonchev–Trinajstić information content (AvgIpc) is 3.19. The predicted molar refractivity (Wildman–Crippen MR) is 103 cm³/mol. The lowest BCUT2D eigenvalue weighted by Gasteiger charge is -2.10. The summed E-state index contributed by atoms with van der Waals surface area (Å²) in [5.41, 5.74) is 1.29. The van der Waals surface area contributed by atoms with Crippen molar-refractivity contribution in [3.05, 3.63) is 72.2 Å². The Balaban J connectivity index is 1.44. The summed E-state index contributed by atoms with van der Waals surface area (Å²) < 4.78 is 24.8. The van der Waals surface area contributed by atoms with Gasteiger partial charge in [0.1, 0.15) is 17.3 Å². The molecule has 0 saturated carbocycles. The van der Waals surface area contributed by atoms with Crippen molar-refractivity contribution in [1.82, 2.24) is 9.97 Å². The van der Waals surface area contributed by atoms with Gasteiger partial charge in [-0.3, -0.25) is 0 Å². The molecule has 1 aliphatic heterocycles. The molecule has 7 heteroatoms. The Hall–Kier alpha value is -2.25. The number of hydrogen-bond donors (Lipinski definition) is 0. The Morgan fingerprint density at radius 1 is 0.846 bits per heavy atom. The zero-order valence-corrected chi connectivity index (χ0v) is 15.3. The molecule has 1 aliphatic rings. The summed E-state index contributed by atoms with van der Waals surface area (Å²) >= 11 is 3.93. The van der Waals surface area contributed by atoms with Crippen LogP contribution in [0.3, 0.4) is 0 Å². The summed E-state index contributed by atoms with van der Waals surface area (Å²) in [6, 6.07) is 15.5. The predicted octanol–water partition coefficient (Wildman–Crippen LogP) is 5.68. The molecule has 26 heavy (non-hydrogen) atoms. The van der Waals surface area contributed by atoms with Crippen LogP contribution in [0.2, 0.25) is 0 Å². The average molecular weight is 386 g/mol. The van der Waals surface area contributed by atoms with Crippen LogP contribution in [0.25, 0.3) is 0 Å². The Morgan fingerprint density at radius 3 is 2.23 bits per heavy atom. The standard InChI is InChI=1S/C19H15FN2O2S2/c20-14-3-7-15(8-4-14)23-17-9-10-21-19(22-17)24-16-5-1-13(2-6-16)18-25-11-12-26-18/h1-10,18H,11-12H2. The van der Waals surface area contributed by atoms with Gasteiger partial charge in [-0.1, -0.05) is 12.1 Å². The van der Waals surface area contributed by atoms with E-state index in [1.54, 1.807) is 12.3 Å². The molecule has 0 radical (unpaired) electrons. The Kier molecular flexibility index (Phi) is 5.26. The van der Waals surface area contributed by atoms with Crippen molar-refractivity contribution in [2.24, 2.45) is 0 Å². The molecule has 0 N–H and O–H groups in total. The van der Waals surface area contributed by atoms with E-state index in [1.807, 2.05) is 35.7 Å². The highest BCUT2D eigenvalue weighted by molar-refractivity contribution is 8.19. The van der Waals surface area contributed by atoms with Crippen molar-refractivity contribution in [3.8, 4) is 23.4 Å². The lowest BCUT2D eigenvalue weighted by atomic mass is 10.2. The van der Waals surface area contributed by atoms with Crippen LogP contribution in [-0.2, 0) is 0 Å². The summed E-state index contributed by atoms with van der Waals surface area (Å²) in [5.74, 6) is 3.57. The van der Waals surface area contributed by atoms with Crippen LogP contribution in [0, 0.1) is 5.82 Å². The van der Waals surface area contributed by atoms with Gasteiger partial charge in [0, 0.05) is 23.8 Å². The fourth-order valence-electron chi connectivity index (χ4n) is 2.40. The van der Waals surface area contributed by atoms with Gasteiger partial charge in [0.2, 0.25) is 5.88 Å². The number of rotatable bonds is 5. The highest BCUT2D eigenvalue weighted by Crippen LogP contribution is 2.45. The fraction of sp³-hybridized carbons (Fsp3) is 0.158. The Morgan fingerprint density at radius 2 is 1.50 bits per heavy atom. The van der Waals surface area contributed by atoms with Gasteiger partial charge in [-0.25, -0.2) is 9.37 Å². The Labute approximate surface area is 159 Å². The molecule has 3 aromatic rings. The van der Waals surface area contributed by atoms with E-state index in [4.69, 9.17) is 9.47 Å². The molecule has 0 spiro atoms. The molecule has 0 bridgehead atoms. The molecule has 4 rings (SSSR count). The van der Waals surface area contributed by atoms with E-state index in [0.29, 0.717) is 22.0 Å². The molecule has 1 aromatic heterocycles. The third-order valence-corrected chi connectivity index (χ3v) is 6.73. The summed E-state index contributed by atoms with van der Waals surface area (Å²) in [4.78, 5) is 8.34.